The number of amides is 1. The number of rotatable bonds is 6. The number of carbonyl (C=O) groups is 1. The first-order valence-corrected chi connectivity index (χ1v) is 11.8. The molecule has 2 heterocycles. The number of alkyl halides is 5. The first-order chi connectivity index (χ1) is 16.4. The highest BCUT2D eigenvalue weighted by molar-refractivity contribution is 7.89. The molecule has 13 heteroatoms. The summed E-state index contributed by atoms with van der Waals surface area (Å²) >= 11 is 0. The van der Waals surface area contributed by atoms with Crippen molar-refractivity contribution in [3.63, 3.8) is 0 Å². The quantitative estimate of drug-likeness (QED) is 0.470. The van der Waals surface area contributed by atoms with Crippen LogP contribution in [0.3, 0.4) is 0 Å². The van der Waals surface area contributed by atoms with E-state index in [0.717, 1.165) is 35.4 Å². The van der Waals surface area contributed by atoms with Gasteiger partial charge in [0.05, 0.1) is 10.5 Å². The second kappa shape index (κ2) is 9.21. The fourth-order valence-electron chi connectivity index (χ4n) is 3.76. The van der Waals surface area contributed by atoms with Crippen molar-refractivity contribution in [3.05, 3.63) is 70.8 Å². The average Bonchev–Trinajstić information content (AvgIpc) is 2.72. The molecule has 4 rings (SSSR count). The van der Waals surface area contributed by atoms with Gasteiger partial charge in [0.1, 0.15) is 11.8 Å². The standard InChI is InChI=1S/C22H20F5N3O4S/c23-21(24)34-17-4-6-18(7-5-17)35(32,33)30-11-15(12-30)14-9-29(10-14)20(31)19(28)13-2-1-3-16(8-13)22(25,26)27/h1-8,19,21H,9-12,28H2. The number of halogens is 5. The van der Waals surface area contributed by atoms with Gasteiger partial charge in [-0.25, -0.2) is 8.42 Å². The van der Waals surface area contributed by atoms with Crippen molar-refractivity contribution in [2.75, 3.05) is 26.2 Å². The van der Waals surface area contributed by atoms with Gasteiger partial charge in [0.15, 0.2) is 0 Å². The van der Waals surface area contributed by atoms with Gasteiger partial charge in [-0.05, 0) is 53.1 Å². The number of benzene rings is 2. The molecular formula is C22H20F5N3O4S. The van der Waals surface area contributed by atoms with Crippen LogP contribution >= 0.6 is 0 Å². The monoisotopic (exact) mass is 517 g/mol. The summed E-state index contributed by atoms with van der Waals surface area (Å²) in [4.78, 5) is 13.9. The van der Waals surface area contributed by atoms with E-state index in [1.807, 2.05) is 0 Å². The fourth-order valence-corrected chi connectivity index (χ4v) is 5.19. The maximum absolute atomic E-state index is 12.9. The molecule has 0 aliphatic carbocycles. The first kappa shape index (κ1) is 25.1. The van der Waals surface area contributed by atoms with Crippen molar-refractivity contribution < 1.29 is 39.9 Å². The molecule has 1 atom stereocenters. The van der Waals surface area contributed by atoms with E-state index in [-0.39, 0.29) is 42.4 Å². The van der Waals surface area contributed by atoms with E-state index in [1.54, 1.807) is 0 Å². The molecule has 0 saturated carbocycles. The van der Waals surface area contributed by atoms with E-state index in [2.05, 4.69) is 4.74 Å². The predicted octanol–water partition coefficient (Wildman–Crippen LogP) is 3.15. The number of sulfonamides is 1. The molecule has 0 spiro atoms. The highest BCUT2D eigenvalue weighted by Crippen LogP contribution is 2.33. The second-order valence-corrected chi connectivity index (χ2v) is 10.1. The van der Waals surface area contributed by atoms with Gasteiger partial charge in [0.25, 0.3) is 0 Å². The molecule has 35 heavy (non-hydrogen) atoms. The number of ether oxygens (including phenoxy) is 1. The Morgan fingerprint density at radius 3 is 2.14 bits per heavy atom. The van der Waals surface area contributed by atoms with Crippen molar-refractivity contribution in [3.8, 4) is 5.75 Å². The molecule has 2 aromatic rings. The molecule has 0 aromatic heterocycles. The van der Waals surface area contributed by atoms with Gasteiger partial charge >= 0.3 is 12.8 Å². The third-order valence-electron chi connectivity index (χ3n) is 5.84. The Kier molecular flexibility index (Phi) is 6.60. The summed E-state index contributed by atoms with van der Waals surface area (Å²) in [6.45, 7) is -2.35. The van der Waals surface area contributed by atoms with Crippen LogP contribution in [0.25, 0.3) is 0 Å². The summed E-state index contributed by atoms with van der Waals surface area (Å²) in [5.74, 6) is -0.684. The lowest BCUT2D eigenvalue weighted by Crippen LogP contribution is -2.53. The number of carbonyl (C=O) groups excluding carboxylic acids is 1. The van der Waals surface area contributed by atoms with Gasteiger partial charge in [-0.2, -0.15) is 26.3 Å². The number of nitrogens with two attached hydrogens (primary N) is 1. The van der Waals surface area contributed by atoms with Crippen LogP contribution in [0, 0.1) is 0 Å². The van der Waals surface area contributed by atoms with Gasteiger partial charge in [-0.15, -0.1) is 0 Å². The summed E-state index contributed by atoms with van der Waals surface area (Å²) in [6, 6.07) is 7.68. The van der Waals surface area contributed by atoms with Crippen LogP contribution in [0.1, 0.15) is 17.2 Å². The smallest absolute Gasteiger partial charge is 0.416 e. The van der Waals surface area contributed by atoms with E-state index in [4.69, 9.17) is 5.73 Å². The van der Waals surface area contributed by atoms with Crippen LogP contribution in [0.4, 0.5) is 22.0 Å². The number of likely N-dealkylation sites (tertiary alicyclic amines) is 1. The van der Waals surface area contributed by atoms with Crippen molar-refractivity contribution in [1.29, 1.82) is 0 Å². The van der Waals surface area contributed by atoms with Gasteiger partial charge < -0.3 is 15.4 Å². The van der Waals surface area contributed by atoms with Crippen molar-refractivity contribution in [2.24, 2.45) is 5.73 Å². The van der Waals surface area contributed by atoms with Crippen LogP contribution in [-0.2, 0) is 21.0 Å². The van der Waals surface area contributed by atoms with E-state index >= 15 is 0 Å². The van der Waals surface area contributed by atoms with E-state index in [9.17, 15) is 35.2 Å². The van der Waals surface area contributed by atoms with Gasteiger partial charge in [0, 0.05) is 26.2 Å². The van der Waals surface area contributed by atoms with E-state index in [0.29, 0.717) is 0 Å². The maximum Gasteiger partial charge on any atom is 0.416 e. The molecule has 0 radical (unpaired) electrons. The molecule has 1 unspecified atom stereocenters. The lowest BCUT2D eigenvalue weighted by Gasteiger charge is -2.42. The zero-order valence-electron chi connectivity index (χ0n) is 18.0. The Balaban J connectivity index is 1.34. The van der Waals surface area contributed by atoms with Crippen LogP contribution in [0.2, 0.25) is 0 Å². The zero-order valence-corrected chi connectivity index (χ0v) is 18.8. The Morgan fingerprint density at radius 2 is 1.57 bits per heavy atom. The molecule has 2 aliphatic heterocycles. The first-order valence-electron chi connectivity index (χ1n) is 10.3. The summed E-state index contributed by atoms with van der Waals surface area (Å²) in [5.41, 5.74) is 6.76. The molecule has 1 amide bonds. The molecule has 0 bridgehead atoms. The molecule has 2 N–H and O–H groups in total. The minimum absolute atomic E-state index is 0.0526. The van der Waals surface area contributed by atoms with Gasteiger partial charge in [-0.1, -0.05) is 12.1 Å². The Bertz CT molecular complexity index is 1250. The van der Waals surface area contributed by atoms with Gasteiger partial charge in [-0.3, -0.25) is 4.79 Å². The zero-order chi connectivity index (χ0) is 25.5. The number of hydrogen-bond acceptors (Lipinski definition) is 5. The largest absolute Gasteiger partial charge is 0.435 e. The van der Waals surface area contributed by atoms with E-state index < -0.39 is 40.3 Å². The normalized spacial score (nSPS) is 17.7. The summed E-state index contributed by atoms with van der Waals surface area (Å²) in [6.07, 6.45) is -4.55. The Labute approximate surface area is 197 Å². The molecule has 7 nitrogen and oxygen atoms in total. The maximum atomic E-state index is 12.9. The fraction of sp³-hybridized carbons (Fsp3) is 0.318. The number of nitrogens with zero attached hydrogens (tertiary/aromatic N) is 2. The van der Waals surface area contributed by atoms with Crippen LogP contribution in [-0.4, -0.2) is 56.3 Å². The van der Waals surface area contributed by atoms with Crippen LogP contribution in [0.15, 0.2) is 64.6 Å². The van der Waals surface area contributed by atoms with E-state index in [1.165, 1.54) is 33.5 Å². The lowest BCUT2D eigenvalue weighted by molar-refractivity contribution is -0.138. The van der Waals surface area contributed by atoms with Gasteiger partial charge in [0.2, 0.25) is 15.9 Å². The average molecular weight is 517 g/mol. The predicted molar refractivity (Wildman–Crippen MR) is 114 cm³/mol. The molecule has 2 aromatic carbocycles. The SMILES string of the molecule is NC(C(=O)N1CC(=C2CN(S(=O)(=O)c3ccc(OC(F)F)cc3)C2)C1)c1cccc(C(F)(F)F)c1. The highest BCUT2D eigenvalue weighted by Gasteiger charge is 2.39. The van der Waals surface area contributed by atoms with Crippen LogP contribution in [0.5, 0.6) is 5.75 Å². The third-order valence-corrected chi connectivity index (χ3v) is 7.64. The molecular weight excluding hydrogens is 497 g/mol. The Hall–Kier alpha value is -3.03. The topological polar surface area (TPSA) is 92.9 Å². The molecule has 2 aliphatic rings. The molecule has 188 valence electrons. The minimum Gasteiger partial charge on any atom is -0.435 e. The third kappa shape index (κ3) is 5.16. The van der Waals surface area contributed by atoms with Crippen LogP contribution < -0.4 is 10.5 Å². The van der Waals surface area contributed by atoms with Crippen molar-refractivity contribution in [1.82, 2.24) is 9.21 Å². The summed E-state index contributed by atoms with van der Waals surface area (Å²) < 4.78 is 94.0. The second-order valence-electron chi connectivity index (χ2n) is 8.13. The van der Waals surface area contributed by atoms with Crippen molar-refractivity contribution in [2.45, 2.75) is 23.7 Å². The minimum atomic E-state index is -4.55. The summed E-state index contributed by atoms with van der Waals surface area (Å²) in [5, 5.41) is 0. The van der Waals surface area contributed by atoms with Crippen molar-refractivity contribution >= 4 is 15.9 Å². The number of hydrogen-bond donors (Lipinski definition) is 1. The summed E-state index contributed by atoms with van der Waals surface area (Å²) in [7, 11) is -3.83. The molecule has 2 saturated heterocycles. The highest BCUT2D eigenvalue weighted by atomic mass is 32.2. The lowest BCUT2D eigenvalue weighted by atomic mass is 9.95. The Morgan fingerprint density at radius 1 is 0.971 bits per heavy atom. The molecule has 2 fully saturated rings.